The van der Waals surface area contributed by atoms with Crippen LogP contribution in [0.25, 0.3) is 0 Å². The Labute approximate surface area is 77.2 Å². The van der Waals surface area contributed by atoms with E-state index in [4.69, 9.17) is 0 Å². The molecule has 0 aliphatic carbocycles. The molecule has 1 atom stereocenters. The maximum atomic E-state index is 11.2. The first kappa shape index (κ1) is 9.77. The molecule has 1 rings (SSSR count). The Morgan fingerprint density at radius 1 is 1.62 bits per heavy atom. The largest absolute Gasteiger partial charge is 0.467 e. The average molecular weight is 183 g/mol. The monoisotopic (exact) mass is 183 g/mol. The van der Waals surface area contributed by atoms with Crippen LogP contribution in [0.15, 0.2) is 12.7 Å². The Bertz CT molecular complexity index is 237. The molecule has 0 saturated carbocycles. The first-order valence-electron chi connectivity index (χ1n) is 4.21. The van der Waals surface area contributed by atoms with Crippen LogP contribution in [0, 0.1) is 0 Å². The highest BCUT2D eigenvalue weighted by atomic mass is 16.5. The van der Waals surface area contributed by atoms with Crippen molar-refractivity contribution in [3.63, 3.8) is 0 Å². The summed E-state index contributed by atoms with van der Waals surface area (Å²) in [6.07, 6.45) is 2.76. The summed E-state index contributed by atoms with van der Waals surface area (Å²) in [5.74, 6) is -0.541. The van der Waals surface area contributed by atoms with Crippen molar-refractivity contribution in [2.45, 2.75) is 18.9 Å². The molecule has 0 aromatic rings. The van der Waals surface area contributed by atoms with Gasteiger partial charge in [0.05, 0.1) is 7.11 Å². The molecule has 1 aliphatic rings. The second-order valence-corrected chi connectivity index (χ2v) is 2.92. The molecule has 1 saturated heterocycles. The number of methoxy groups -OCH3 is 1. The normalized spacial score (nSPS) is 21.3. The number of carbonyl (C=O) groups is 2. The third-order valence-corrected chi connectivity index (χ3v) is 2.18. The predicted molar refractivity (Wildman–Crippen MR) is 46.9 cm³/mol. The van der Waals surface area contributed by atoms with Gasteiger partial charge in [-0.25, -0.2) is 4.79 Å². The van der Waals surface area contributed by atoms with Crippen LogP contribution in [0.5, 0.6) is 0 Å². The minimum absolute atomic E-state index is 0.201. The summed E-state index contributed by atoms with van der Waals surface area (Å²) < 4.78 is 4.59. The van der Waals surface area contributed by atoms with E-state index in [0.717, 1.165) is 6.42 Å². The molecule has 0 radical (unpaired) electrons. The standard InChI is InChI=1S/C9H13NO3/c1-3-8(11)10-6-4-5-7(10)9(12)13-2/h3,7H,1,4-6H2,2H3/t7-/m0/s1. The number of rotatable bonds is 2. The van der Waals surface area contributed by atoms with Crippen LogP contribution in [0.4, 0.5) is 0 Å². The maximum absolute atomic E-state index is 11.2. The van der Waals surface area contributed by atoms with E-state index in [-0.39, 0.29) is 11.9 Å². The molecule has 1 fully saturated rings. The highest BCUT2D eigenvalue weighted by Crippen LogP contribution is 2.18. The molecule has 0 aromatic heterocycles. The number of hydrogen-bond donors (Lipinski definition) is 0. The van der Waals surface area contributed by atoms with E-state index in [9.17, 15) is 9.59 Å². The highest BCUT2D eigenvalue weighted by molar-refractivity contribution is 5.91. The molecule has 1 amide bonds. The number of nitrogens with zero attached hydrogens (tertiary/aromatic N) is 1. The molecular weight excluding hydrogens is 170 g/mol. The van der Waals surface area contributed by atoms with Crippen LogP contribution in [0.3, 0.4) is 0 Å². The van der Waals surface area contributed by atoms with Crippen molar-refractivity contribution in [1.29, 1.82) is 0 Å². The van der Waals surface area contributed by atoms with Crippen LogP contribution in [0.2, 0.25) is 0 Å². The van der Waals surface area contributed by atoms with Gasteiger partial charge in [0.2, 0.25) is 5.91 Å². The summed E-state index contributed by atoms with van der Waals surface area (Å²) in [6, 6.07) is -0.407. The lowest BCUT2D eigenvalue weighted by Crippen LogP contribution is -2.40. The minimum atomic E-state index is -0.407. The number of hydrogen-bond acceptors (Lipinski definition) is 3. The smallest absolute Gasteiger partial charge is 0.328 e. The Kier molecular flexibility index (Phi) is 3.06. The molecule has 1 aliphatic heterocycles. The van der Waals surface area contributed by atoms with E-state index >= 15 is 0 Å². The Morgan fingerprint density at radius 2 is 2.31 bits per heavy atom. The minimum Gasteiger partial charge on any atom is -0.467 e. The molecule has 4 heteroatoms. The van der Waals surface area contributed by atoms with Gasteiger partial charge in [0.1, 0.15) is 6.04 Å². The van der Waals surface area contributed by atoms with E-state index in [1.165, 1.54) is 18.1 Å². The van der Waals surface area contributed by atoms with Crippen LogP contribution in [-0.4, -0.2) is 36.5 Å². The number of esters is 1. The van der Waals surface area contributed by atoms with Gasteiger partial charge in [-0.05, 0) is 18.9 Å². The molecule has 0 N–H and O–H groups in total. The Morgan fingerprint density at radius 3 is 2.85 bits per heavy atom. The van der Waals surface area contributed by atoms with Gasteiger partial charge < -0.3 is 9.64 Å². The van der Waals surface area contributed by atoms with Crippen molar-refractivity contribution < 1.29 is 14.3 Å². The first-order valence-corrected chi connectivity index (χ1v) is 4.21. The summed E-state index contributed by atoms with van der Waals surface area (Å²) >= 11 is 0. The van der Waals surface area contributed by atoms with Gasteiger partial charge in [-0.15, -0.1) is 0 Å². The fourth-order valence-electron chi connectivity index (χ4n) is 1.53. The molecule has 4 nitrogen and oxygen atoms in total. The second kappa shape index (κ2) is 4.07. The quantitative estimate of drug-likeness (QED) is 0.458. The SMILES string of the molecule is C=CC(=O)N1CCC[C@H]1C(=O)OC. The molecule has 0 bridgehead atoms. The molecule has 0 aromatic carbocycles. The van der Waals surface area contributed by atoms with Crippen LogP contribution < -0.4 is 0 Å². The van der Waals surface area contributed by atoms with Gasteiger partial charge in [0.15, 0.2) is 0 Å². The third kappa shape index (κ3) is 1.88. The van der Waals surface area contributed by atoms with E-state index in [1.807, 2.05) is 0 Å². The summed E-state index contributed by atoms with van der Waals surface area (Å²) in [5.41, 5.74) is 0. The summed E-state index contributed by atoms with van der Waals surface area (Å²) in [6.45, 7) is 4.00. The fourth-order valence-corrected chi connectivity index (χ4v) is 1.53. The number of likely N-dealkylation sites (tertiary alicyclic amines) is 1. The van der Waals surface area contributed by atoms with Crippen LogP contribution in [0.1, 0.15) is 12.8 Å². The van der Waals surface area contributed by atoms with Crippen molar-refractivity contribution in [3.05, 3.63) is 12.7 Å². The van der Waals surface area contributed by atoms with Gasteiger partial charge in [0.25, 0.3) is 0 Å². The zero-order valence-corrected chi connectivity index (χ0v) is 7.66. The van der Waals surface area contributed by atoms with Crippen molar-refractivity contribution in [3.8, 4) is 0 Å². The summed E-state index contributed by atoms with van der Waals surface area (Å²) in [5, 5.41) is 0. The Balaban J connectivity index is 2.68. The first-order chi connectivity index (χ1) is 6.20. The van der Waals surface area contributed by atoms with Gasteiger partial charge >= 0.3 is 5.97 Å². The van der Waals surface area contributed by atoms with Crippen molar-refractivity contribution >= 4 is 11.9 Å². The van der Waals surface area contributed by atoms with Gasteiger partial charge in [0, 0.05) is 6.54 Å². The average Bonchev–Trinajstić information content (AvgIpc) is 2.63. The maximum Gasteiger partial charge on any atom is 0.328 e. The lowest BCUT2D eigenvalue weighted by Gasteiger charge is -2.20. The highest BCUT2D eigenvalue weighted by Gasteiger charge is 2.33. The van der Waals surface area contributed by atoms with Gasteiger partial charge in [-0.1, -0.05) is 6.58 Å². The van der Waals surface area contributed by atoms with Gasteiger partial charge in [-0.2, -0.15) is 0 Å². The lowest BCUT2D eigenvalue weighted by molar-refractivity contribution is -0.149. The van der Waals surface area contributed by atoms with E-state index in [0.29, 0.717) is 13.0 Å². The topological polar surface area (TPSA) is 46.6 Å². The summed E-state index contributed by atoms with van der Waals surface area (Å²) in [7, 11) is 1.33. The lowest BCUT2D eigenvalue weighted by atomic mass is 10.2. The predicted octanol–water partition coefficient (Wildman–Crippen LogP) is 0.336. The van der Waals surface area contributed by atoms with E-state index in [1.54, 1.807) is 0 Å². The number of carbonyl (C=O) groups excluding carboxylic acids is 2. The zero-order chi connectivity index (χ0) is 9.84. The number of ether oxygens (including phenoxy) is 1. The second-order valence-electron chi connectivity index (χ2n) is 2.92. The van der Waals surface area contributed by atoms with Crippen LogP contribution in [-0.2, 0) is 14.3 Å². The number of amides is 1. The molecule has 0 spiro atoms. The Hall–Kier alpha value is -1.32. The van der Waals surface area contributed by atoms with E-state index < -0.39 is 6.04 Å². The molecule has 72 valence electrons. The molecule has 13 heavy (non-hydrogen) atoms. The van der Waals surface area contributed by atoms with E-state index in [2.05, 4.69) is 11.3 Å². The third-order valence-electron chi connectivity index (χ3n) is 2.18. The van der Waals surface area contributed by atoms with Crippen molar-refractivity contribution in [1.82, 2.24) is 4.90 Å². The van der Waals surface area contributed by atoms with Crippen molar-refractivity contribution in [2.24, 2.45) is 0 Å². The van der Waals surface area contributed by atoms with Crippen LogP contribution >= 0.6 is 0 Å². The zero-order valence-electron chi connectivity index (χ0n) is 7.66. The summed E-state index contributed by atoms with van der Waals surface area (Å²) in [4.78, 5) is 23.9. The molecular formula is C9H13NO3. The molecule has 0 unspecified atom stereocenters. The van der Waals surface area contributed by atoms with Gasteiger partial charge in [-0.3, -0.25) is 4.79 Å². The fraction of sp³-hybridized carbons (Fsp3) is 0.556. The van der Waals surface area contributed by atoms with Crippen molar-refractivity contribution in [2.75, 3.05) is 13.7 Å². The molecule has 1 heterocycles.